The first kappa shape index (κ1) is 23.5. The molecule has 1 heterocycles. The molecule has 7 nitrogen and oxygen atoms in total. The minimum atomic E-state index is -3.85. The number of likely N-dealkylation sites (N-methyl/N-ethyl adjacent to an activating group) is 1. The van der Waals surface area contributed by atoms with Crippen LogP contribution in [0.2, 0.25) is 0 Å². The molecular formula is C23H32N2O5S. The Balaban J connectivity index is 2.18. The van der Waals surface area contributed by atoms with E-state index >= 15 is 0 Å². The molecule has 0 amide bonds. The second-order valence-electron chi connectivity index (χ2n) is 8.36. The van der Waals surface area contributed by atoms with E-state index in [1.54, 1.807) is 32.2 Å². The lowest BCUT2D eigenvalue weighted by Gasteiger charge is -2.37. The Morgan fingerprint density at radius 1 is 1.26 bits per heavy atom. The summed E-state index contributed by atoms with van der Waals surface area (Å²) in [6, 6.07) is 12.2. The fourth-order valence-electron chi connectivity index (χ4n) is 3.85. The maximum Gasteiger partial charge on any atom is 0.247 e. The highest BCUT2D eigenvalue weighted by Crippen LogP contribution is 2.38. The van der Waals surface area contributed by atoms with E-state index < -0.39 is 16.1 Å². The van der Waals surface area contributed by atoms with E-state index in [-0.39, 0.29) is 30.1 Å². The number of hydrogen-bond donors (Lipinski definition) is 1. The van der Waals surface area contributed by atoms with Gasteiger partial charge in [0.1, 0.15) is 22.5 Å². The number of rotatable bonds is 6. The third kappa shape index (κ3) is 4.87. The maximum atomic E-state index is 13.5. The van der Waals surface area contributed by atoms with E-state index in [9.17, 15) is 13.5 Å². The molecule has 170 valence electrons. The molecule has 1 aliphatic heterocycles. The van der Waals surface area contributed by atoms with Gasteiger partial charge in [0.05, 0.1) is 13.7 Å². The summed E-state index contributed by atoms with van der Waals surface area (Å²) < 4.78 is 40.3. The number of sulfonamides is 1. The van der Waals surface area contributed by atoms with Crippen molar-refractivity contribution in [2.45, 2.75) is 30.9 Å². The van der Waals surface area contributed by atoms with Gasteiger partial charge in [-0.3, -0.25) is 0 Å². The zero-order valence-corrected chi connectivity index (χ0v) is 19.6. The molecule has 0 saturated heterocycles. The van der Waals surface area contributed by atoms with E-state index in [1.807, 2.05) is 50.2 Å². The van der Waals surface area contributed by atoms with E-state index in [0.717, 1.165) is 11.1 Å². The Labute approximate surface area is 185 Å². The largest absolute Gasteiger partial charge is 0.496 e. The Hall–Kier alpha value is -2.13. The van der Waals surface area contributed by atoms with Gasteiger partial charge in [0, 0.05) is 30.6 Å². The standard InChI is InChI=1S/C23H32N2O5S/c1-16-13-25(17(2)15-26)31(27,28)23-11-10-18(19-8-6-7-9-20(19)29-5)12-21(23)30-22(16)14-24(3)4/h6-12,16-17,22,26H,13-15H2,1-5H3/t16-,17-,22-/m0/s1. The third-order valence-electron chi connectivity index (χ3n) is 5.63. The fraction of sp³-hybridized carbons (Fsp3) is 0.478. The van der Waals surface area contributed by atoms with Crippen LogP contribution in [0.25, 0.3) is 11.1 Å². The average Bonchev–Trinajstić information content (AvgIpc) is 2.75. The SMILES string of the molecule is COc1ccccc1-c1ccc2c(c1)O[C@@H](CN(C)C)[C@@H](C)CN([C@@H](C)CO)S2(=O)=O. The summed E-state index contributed by atoms with van der Waals surface area (Å²) in [5, 5.41) is 9.72. The van der Waals surface area contributed by atoms with Crippen LogP contribution in [-0.2, 0) is 10.0 Å². The first-order chi connectivity index (χ1) is 14.7. The Kier molecular flexibility index (Phi) is 7.26. The summed E-state index contributed by atoms with van der Waals surface area (Å²) >= 11 is 0. The summed E-state index contributed by atoms with van der Waals surface area (Å²) in [5.74, 6) is 0.941. The van der Waals surface area contributed by atoms with Crippen LogP contribution in [0, 0.1) is 5.92 Å². The van der Waals surface area contributed by atoms with Crippen molar-refractivity contribution < 1.29 is 23.0 Å². The maximum absolute atomic E-state index is 13.5. The predicted molar refractivity (Wildman–Crippen MR) is 121 cm³/mol. The summed E-state index contributed by atoms with van der Waals surface area (Å²) in [4.78, 5) is 2.14. The van der Waals surface area contributed by atoms with E-state index in [4.69, 9.17) is 9.47 Å². The number of benzene rings is 2. The van der Waals surface area contributed by atoms with Crippen molar-refractivity contribution in [1.82, 2.24) is 9.21 Å². The van der Waals surface area contributed by atoms with Crippen LogP contribution in [0.15, 0.2) is 47.4 Å². The minimum Gasteiger partial charge on any atom is -0.496 e. The molecule has 0 aliphatic carbocycles. The number of hydrogen-bond acceptors (Lipinski definition) is 6. The predicted octanol–water partition coefficient (Wildman–Crippen LogP) is 2.69. The van der Waals surface area contributed by atoms with Crippen molar-refractivity contribution >= 4 is 10.0 Å². The van der Waals surface area contributed by atoms with E-state index in [2.05, 4.69) is 0 Å². The van der Waals surface area contributed by atoms with Crippen molar-refractivity contribution in [1.29, 1.82) is 0 Å². The van der Waals surface area contributed by atoms with Gasteiger partial charge in [0.25, 0.3) is 0 Å². The molecule has 0 aromatic heterocycles. The number of fused-ring (bicyclic) bond motifs is 1. The summed E-state index contributed by atoms with van der Waals surface area (Å²) in [6.45, 7) is 4.36. The normalized spacial score (nSPS) is 22.2. The second-order valence-corrected chi connectivity index (χ2v) is 10.2. The first-order valence-electron chi connectivity index (χ1n) is 10.4. The van der Waals surface area contributed by atoms with Gasteiger partial charge < -0.3 is 19.5 Å². The van der Waals surface area contributed by atoms with Gasteiger partial charge in [-0.25, -0.2) is 8.42 Å². The van der Waals surface area contributed by atoms with Crippen LogP contribution in [-0.4, -0.2) is 75.8 Å². The quantitative estimate of drug-likeness (QED) is 0.732. The molecule has 0 bridgehead atoms. The monoisotopic (exact) mass is 448 g/mol. The lowest BCUT2D eigenvalue weighted by Crippen LogP contribution is -2.49. The van der Waals surface area contributed by atoms with E-state index in [0.29, 0.717) is 18.0 Å². The zero-order valence-electron chi connectivity index (χ0n) is 18.8. The summed E-state index contributed by atoms with van der Waals surface area (Å²) in [6.07, 6.45) is -0.217. The Bertz CT molecular complexity index is 1010. The van der Waals surface area contributed by atoms with E-state index in [1.165, 1.54) is 4.31 Å². The Morgan fingerprint density at radius 2 is 1.97 bits per heavy atom. The van der Waals surface area contributed by atoms with Gasteiger partial charge in [0.2, 0.25) is 10.0 Å². The zero-order chi connectivity index (χ0) is 22.8. The second kappa shape index (κ2) is 9.56. The minimum absolute atomic E-state index is 0.0748. The highest BCUT2D eigenvalue weighted by molar-refractivity contribution is 7.89. The number of methoxy groups -OCH3 is 1. The molecule has 8 heteroatoms. The van der Waals surface area contributed by atoms with Crippen molar-refractivity contribution in [3.05, 3.63) is 42.5 Å². The molecule has 0 fully saturated rings. The molecule has 1 N–H and O–H groups in total. The molecule has 3 rings (SSSR count). The fourth-order valence-corrected chi connectivity index (χ4v) is 5.68. The number of para-hydroxylation sites is 1. The van der Waals surface area contributed by atoms with Gasteiger partial charge in [0.15, 0.2) is 0 Å². The smallest absolute Gasteiger partial charge is 0.247 e. The topological polar surface area (TPSA) is 79.3 Å². The van der Waals surface area contributed by atoms with Gasteiger partial charge in [-0.15, -0.1) is 0 Å². The number of ether oxygens (including phenoxy) is 2. The van der Waals surface area contributed by atoms with Crippen LogP contribution >= 0.6 is 0 Å². The Morgan fingerprint density at radius 3 is 2.61 bits per heavy atom. The summed E-state index contributed by atoms with van der Waals surface area (Å²) in [7, 11) is 1.69. The average molecular weight is 449 g/mol. The lowest BCUT2D eigenvalue weighted by atomic mass is 10.0. The third-order valence-corrected chi connectivity index (χ3v) is 7.65. The van der Waals surface area contributed by atoms with Crippen molar-refractivity contribution in [2.24, 2.45) is 5.92 Å². The van der Waals surface area contributed by atoms with Gasteiger partial charge in [-0.2, -0.15) is 4.31 Å². The molecule has 3 atom stereocenters. The molecule has 0 unspecified atom stereocenters. The molecule has 2 aromatic rings. The molecule has 0 radical (unpaired) electrons. The molecule has 0 saturated carbocycles. The number of aliphatic hydroxyl groups is 1. The highest BCUT2D eigenvalue weighted by Gasteiger charge is 2.38. The number of aliphatic hydroxyl groups excluding tert-OH is 1. The van der Waals surface area contributed by atoms with Crippen molar-refractivity contribution in [3.8, 4) is 22.6 Å². The van der Waals surface area contributed by atoms with Crippen LogP contribution < -0.4 is 9.47 Å². The van der Waals surface area contributed by atoms with Gasteiger partial charge in [-0.05, 0) is 44.8 Å². The molecule has 0 spiro atoms. The van der Waals surface area contributed by atoms with Gasteiger partial charge in [-0.1, -0.05) is 31.2 Å². The first-order valence-corrected chi connectivity index (χ1v) is 11.8. The van der Waals surface area contributed by atoms with Crippen LogP contribution in [0.5, 0.6) is 11.5 Å². The molecule has 2 aromatic carbocycles. The van der Waals surface area contributed by atoms with Gasteiger partial charge >= 0.3 is 0 Å². The van der Waals surface area contributed by atoms with Crippen molar-refractivity contribution in [3.63, 3.8) is 0 Å². The lowest BCUT2D eigenvalue weighted by molar-refractivity contribution is 0.0813. The van der Waals surface area contributed by atoms with Crippen LogP contribution in [0.3, 0.4) is 0 Å². The van der Waals surface area contributed by atoms with Crippen molar-refractivity contribution in [2.75, 3.05) is 40.9 Å². The van der Waals surface area contributed by atoms with Crippen LogP contribution in [0.1, 0.15) is 13.8 Å². The molecule has 1 aliphatic rings. The highest BCUT2D eigenvalue weighted by atomic mass is 32.2. The summed E-state index contributed by atoms with van der Waals surface area (Å²) in [5.41, 5.74) is 1.67. The molecule has 31 heavy (non-hydrogen) atoms. The van der Waals surface area contributed by atoms with Crippen LogP contribution in [0.4, 0.5) is 0 Å². The number of nitrogens with zero attached hydrogens (tertiary/aromatic N) is 2. The molecular weight excluding hydrogens is 416 g/mol.